The third-order valence-electron chi connectivity index (χ3n) is 2.92. The Morgan fingerprint density at radius 1 is 1.22 bits per heavy atom. The molecule has 1 N–H and O–H groups in total. The number of nitrogens with one attached hydrogen (secondary N) is 1. The van der Waals surface area contributed by atoms with Gasteiger partial charge >= 0.3 is 11.9 Å². The fourth-order valence-corrected chi connectivity index (χ4v) is 1.86. The van der Waals surface area contributed by atoms with E-state index in [0.717, 1.165) is 0 Å². The number of esters is 2. The Labute approximate surface area is 133 Å². The van der Waals surface area contributed by atoms with Gasteiger partial charge in [-0.25, -0.2) is 9.59 Å². The van der Waals surface area contributed by atoms with Crippen LogP contribution in [-0.4, -0.2) is 23.8 Å². The van der Waals surface area contributed by atoms with Crippen molar-refractivity contribution < 1.29 is 23.9 Å². The minimum Gasteiger partial charge on any atom is -0.459 e. The van der Waals surface area contributed by atoms with Crippen molar-refractivity contribution in [3.8, 4) is 0 Å². The number of hydrogen-bond acceptors (Lipinski definition) is 6. The molecule has 0 spiro atoms. The SMILES string of the molecule is CC1=CC(=O)C(=CNc2ccc(C(=O)OC(C)C)cc2)C(=O)O1. The maximum atomic E-state index is 11.7. The first-order valence-electron chi connectivity index (χ1n) is 7.09. The van der Waals surface area contributed by atoms with Gasteiger partial charge in [0.25, 0.3) is 0 Å². The number of ketones is 1. The molecule has 0 saturated heterocycles. The molecule has 0 unspecified atom stereocenters. The summed E-state index contributed by atoms with van der Waals surface area (Å²) in [7, 11) is 0. The third-order valence-corrected chi connectivity index (χ3v) is 2.92. The van der Waals surface area contributed by atoms with E-state index in [1.807, 2.05) is 0 Å². The monoisotopic (exact) mass is 315 g/mol. The van der Waals surface area contributed by atoms with Crippen molar-refractivity contribution in [2.24, 2.45) is 0 Å². The highest BCUT2D eigenvalue weighted by Crippen LogP contribution is 2.16. The van der Waals surface area contributed by atoms with Crippen LogP contribution in [0.2, 0.25) is 0 Å². The Bertz CT molecular complexity index is 698. The molecule has 1 aromatic carbocycles. The zero-order chi connectivity index (χ0) is 17.0. The molecule has 6 heteroatoms. The lowest BCUT2D eigenvalue weighted by Gasteiger charge is -2.12. The van der Waals surface area contributed by atoms with Crippen molar-refractivity contribution >= 4 is 23.4 Å². The van der Waals surface area contributed by atoms with E-state index in [1.165, 1.54) is 19.2 Å². The highest BCUT2D eigenvalue weighted by molar-refractivity contribution is 6.23. The second-order valence-corrected chi connectivity index (χ2v) is 5.24. The molecule has 1 aliphatic rings. The maximum absolute atomic E-state index is 11.7. The molecule has 1 heterocycles. The average Bonchev–Trinajstić information content (AvgIpc) is 2.46. The van der Waals surface area contributed by atoms with Crippen LogP contribution in [0.3, 0.4) is 0 Å². The van der Waals surface area contributed by atoms with Crippen LogP contribution in [0.1, 0.15) is 31.1 Å². The lowest BCUT2D eigenvalue weighted by atomic mass is 10.1. The van der Waals surface area contributed by atoms with Gasteiger partial charge in [0.15, 0.2) is 5.78 Å². The van der Waals surface area contributed by atoms with Gasteiger partial charge in [0.2, 0.25) is 0 Å². The van der Waals surface area contributed by atoms with E-state index in [0.29, 0.717) is 11.3 Å². The molecule has 0 aromatic heterocycles. The third kappa shape index (κ3) is 4.29. The molecular formula is C17H17NO5. The summed E-state index contributed by atoms with van der Waals surface area (Å²) in [5, 5.41) is 2.83. The smallest absolute Gasteiger partial charge is 0.348 e. The Balaban J connectivity index is 2.07. The van der Waals surface area contributed by atoms with Crippen LogP contribution >= 0.6 is 0 Å². The zero-order valence-corrected chi connectivity index (χ0v) is 13.1. The average molecular weight is 315 g/mol. The summed E-state index contributed by atoms with van der Waals surface area (Å²) < 4.78 is 9.96. The second-order valence-electron chi connectivity index (χ2n) is 5.24. The van der Waals surface area contributed by atoms with E-state index in [1.54, 1.807) is 38.1 Å². The number of benzene rings is 1. The topological polar surface area (TPSA) is 81.7 Å². The number of hydrogen-bond donors (Lipinski definition) is 1. The summed E-state index contributed by atoms with van der Waals surface area (Å²) in [5.74, 6) is -1.25. The van der Waals surface area contributed by atoms with E-state index in [9.17, 15) is 14.4 Å². The van der Waals surface area contributed by atoms with Gasteiger partial charge in [-0.15, -0.1) is 0 Å². The lowest BCUT2D eigenvalue weighted by Crippen LogP contribution is -2.20. The van der Waals surface area contributed by atoms with E-state index >= 15 is 0 Å². The fourth-order valence-electron chi connectivity index (χ4n) is 1.86. The highest BCUT2D eigenvalue weighted by atomic mass is 16.5. The number of anilines is 1. The summed E-state index contributed by atoms with van der Waals surface area (Å²) in [6, 6.07) is 6.48. The molecule has 0 fully saturated rings. The summed E-state index contributed by atoms with van der Waals surface area (Å²) in [6.45, 7) is 5.09. The van der Waals surface area contributed by atoms with Crippen LogP contribution in [-0.2, 0) is 19.1 Å². The summed E-state index contributed by atoms with van der Waals surface area (Å²) >= 11 is 0. The fraction of sp³-hybridized carbons (Fsp3) is 0.235. The first kappa shape index (κ1) is 16.5. The predicted octanol–water partition coefficient (Wildman–Crippen LogP) is 2.58. The second kappa shape index (κ2) is 6.91. The summed E-state index contributed by atoms with van der Waals surface area (Å²) in [4.78, 5) is 35.1. The number of allylic oxidation sites excluding steroid dienone is 2. The number of ether oxygens (including phenoxy) is 2. The van der Waals surface area contributed by atoms with Crippen LogP contribution in [0.15, 0.2) is 47.9 Å². The van der Waals surface area contributed by atoms with E-state index in [-0.39, 0.29) is 17.4 Å². The predicted molar refractivity (Wildman–Crippen MR) is 83.6 cm³/mol. The Morgan fingerprint density at radius 3 is 2.43 bits per heavy atom. The normalized spacial score (nSPS) is 16.2. The minimum atomic E-state index is -0.695. The van der Waals surface area contributed by atoms with Crippen LogP contribution in [0, 0.1) is 0 Å². The first-order chi connectivity index (χ1) is 10.9. The van der Waals surface area contributed by atoms with Crippen molar-refractivity contribution in [2.45, 2.75) is 26.9 Å². The quantitative estimate of drug-likeness (QED) is 0.522. The molecule has 0 saturated carbocycles. The molecule has 2 rings (SSSR count). The maximum Gasteiger partial charge on any atom is 0.348 e. The van der Waals surface area contributed by atoms with Crippen LogP contribution in [0.4, 0.5) is 5.69 Å². The first-order valence-corrected chi connectivity index (χ1v) is 7.09. The van der Waals surface area contributed by atoms with Crippen LogP contribution in [0.25, 0.3) is 0 Å². The molecule has 0 bridgehead atoms. The molecule has 0 aliphatic carbocycles. The van der Waals surface area contributed by atoms with Gasteiger partial charge in [-0.05, 0) is 45.0 Å². The van der Waals surface area contributed by atoms with E-state index in [4.69, 9.17) is 9.47 Å². The van der Waals surface area contributed by atoms with Gasteiger partial charge in [-0.2, -0.15) is 0 Å². The largest absolute Gasteiger partial charge is 0.459 e. The van der Waals surface area contributed by atoms with Crippen molar-refractivity contribution in [1.29, 1.82) is 0 Å². The van der Waals surface area contributed by atoms with Gasteiger partial charge in [-0.1, -0.05) is 0 Å². The van der Waals surface area contributed by atoms with Gasteiger partial charge < -0.3 is 14.8 Å². The molecule has 0 amide bonds. The number of cyclic esters (lactones) is 1. The van der Waals surface area contributed by atoms with Crippen molar-refractivity contribution in [3.05, 3.63) is 53.4 Å². The number of rotatable bonds is 4. The highest BCUT2D eigenvalue weighted by Gasteiger charge is 2.23. The summed E-state index contributed by atoms with van der Waals surface area (Å²) in [5.41, 5.74) is 0.952. The molecule has 23 heavy (non-hydrogen) atoms. The van der Waals surface area contributed by atoms with Gasteiger partial charge in [-0.3, -0.25) is 4.79 Å². The number of carbonyl (C=O) groups excluding carboxylic acids is 3. The van der Waals surface area contributed by atoms with Gasteiger partial charge in [0, 0.05) is 18.0 Å². The van der Waals surface area contributed by atoms with Crippen molar-refractivity contribution in [2.75, 3.05) is 5.32 Å². The summed E-state index contributed by atoms with van der Waals surface area (Å²) in [6.07, 6.45) is 2.35. The molecule has 1 aromatic rings. The standard InChI is InChI=1S/C17H17NO5/c1-10(2)22-16(20)12-4-6-13(7-5-12)18-9-14-15(19)8-11(3)23-17(14)21/h4-10,18H,1-3H3. The molecule has 6 nitrogen and oxygen atoms in total. The molecule has 1 aliphatic heterocycles. The molecule has 120 valence electrons. The Morgan fingerprint density at radius 2 is 1.87 bits per heavy atom. The van der Waals surface area contributed by atoms with E-state index < -0.39 is 17.7 Å². The van der Waals surface area contributed by atoms with Gasteiger partial charge in [0.05, 0.1) is 11.7 Å². The Kier molecular flexibility index (Phi) is 4.95. The zero-order valence-electron chi connectivity index (χ0n) is 13.1. The van der Waals surface area contributed by atoms with Crippen molar-refractivity contribution in [3.63, 3.8) is 0 Å². The van der Waals surface area contributed by atoms with Crippen molar-refractivity contribution in [1.82, 2.24) is 0 Å². The number of carbonyl (C=O) groups is 3. The van der Waals surface area contributed by atoms with Crippen LogP contribution < -0.4 is 5.32 Å². The molecule has 0 radical (unpaired) electrons. The molecular weight excluding hydrogens is 298 g/mol. The van der Waals surface area contributed by atoms with E-state index in [2.05, 4.69) is 5.32 Å². The lowest BCUT2D eigenvalue weighted by molar-refractivity contribution is -0.137. The minimum absolute atomic E-state index is 0.0844. The molecule has 0 atom stereocenters. The Hall–Kier alpha value is -2.89. The van der Waals surface area contributed by atoms with Crippen LogP contribution in [0.5, 0.6) is 0 Å². The van der Waals surface area contributed by atoms with Gasteiger partial charge in [0.1, 0.15) is 11.3 Å².